The molecule has 1 amide bonds. The van der Waals surface area contributed by atoms with Gasteiger partial charge < -0.3 is 10.1 Å². The summed E-state index contributed by atoms with van der Waals surface area (Å²) in [6.07, 6.45) is 3.34. The molecule has 0 spiro atoms. The molecule has 4 aromatic rings. The summed E-state index contributed by atoms with van der Waals surface area (Å²) < 4.78 is 8.70. The quantitative estimate of drug-likeness (QED) is 0.329. The number of carbonyl (C=O) groups excluding carboxylic acids is 1. The van der Waals surface area contributed by atoms with Crippen LogP contribution >= 0.6 is 46.4 Å². The second-order valence-corrected chi connectivity index (χ2v) is 8.22. The summed E-state index contributed by atoms with van der Waals surface area (Å²) >= 11 is 24.5. The van der Waals surface area contributed by atoms with Gasteiger partial charge in [0, 0.05) is 34.1 Å². The zero-order valence-corrected chi connectivity index (χ0v) is 19.3. The van der Waals surface area contributed by atoms with Crippen molar-refractivity contribution in [3.05, 3.63) is 92.3 Å². The Bertz CT molecular complexity index is 1250. The number of nitrogens with zero attached hydrogens (tertiary/aromatic N) is 4. The van der Waals surface area contributed by atoms with E-state index in [-0.39, 0.29) is 12.4 Å². The number of benzene rings is 2. The van der Waals surface area contributed by atoms with Crippen molar-refractivity contribution in [2.45, 2.75) is 13.3 Å². The Hall–Kier alpha value is -2.71. The number of hydrogen-bond acceptors (Lipinski definition) is 4. The summed E-state index contributed by atoms with van der Waals surface area (Å²) in [6.45, 7) is 0.424. The molecule has 0 bridgehead atoms. The predicted molar refractivity (Wildman–Crippen MR) is 125 cm³/mol. The van der Waals surface area contributed by atoms with Crippen LogP contribution in [0.4, 0.5) is 5.82 Å². The van der Waals surface area contributed by atoms with Gasteiger partial charge in [0.25, 0.3) is 5.91 Å². The summed E-state index contributed by atoms with van der Waals surface area (Å²) in [5.74, 6) is 0.380. The van der Waals surface area contributed by atoms with Gasteiger partial charge in [0.1, 0.15) is 10.8 Å². The van der Waals surface area contributed by atoms with E-state index in [0.29, 0.717) is 38.2 Å². The zero-order chi connectivity index (χ0) is 22.7. The first-order valence-corrected chi connectivity index (χ1v) is 10.8. The molecule has 32 heavy (non-hydrogen) atoms. The molecule has 11 heteroatoms. The lowest BCUT2D eigenvalue weighted by atomic mass is 10.2. The third kappa shape index (κ3) is 5.19. The van der Waals surface area contributed by atoms with Crippen molar-refractivity contribution in [1.29, 1.82) is 0 Å². The molecule has 164 valence electrons. The van der Waals surface area contributed by atoms with Crippen molar-refractivity contribution in [3.63, 3.8) is 0 Å². The number of rotatable bonds is 7. The third-order valence-electron chi connectivity index (χ3n) is 4.41. The van der Waals surface area contributed by atoms with Crippen molar-refractivity contribution in [1.82, 2.24) is 19.6 Å². The minimum absolute atomic E-state index is 0.0561. The number of carbonyl (C=O) groups is 1. The number of amides is 1. The standard InChI is InChI=1S/C21H15Cl4N5O2/c22-14-3-1-4-15(23)13(14)11-29-10-8-19(28-29)26-21(31)17-7-9-30(27-17)12-32-18-6-2-5-16(24)20(18)25/h1-10H,11-12H2,(H,26,28,31). The Morgan fingerprint density at radius 3 is 2.34 bits per heavy atom. The van der Waals surface area contributed by atoms with Crippen LogP contribution in [0.3, 0.4) is 0 Å². The Morgan fingerprint density at radius 2 is 1.56 bits per heavy atom. The number of aromatic nitrogens is 4. The lowest BCUT2D eigenvalue weighted by Crippen LogP contribution is -2.15. The van der Waals surface area contributed by atoms with Gasteiger partial charge in [-0.2, -0.15) is 10.2 Å². The lowest BCUT2D eigenvalue weighted by Gasteiger charge is -2.08. The van der Waals surface area contributed by atoms with Gasteiger partial charge >= 0.3 is 0 Å². The normalized spacial score (nSPS) is 10.9. The van der Waals surface area contributed by atoms with Gasteiger partial charge in [-0.05, 0) is 30.3 Å². The molecule has 1 N–H and O–H groups in total. The molecule has 2 aromatic heterocycles. The monoisotopic (exact) mass is 509 g/mol. The molecule has 0 saturated heterocycles. The van der Waals surface area contributed by atoms with E-state index in [1.54, 1.807) is 65.6 Å². The molecule has 4 rings (SSSR count). The van der Waals surface area contributed by atoms with Crippen LogP contribution in [-0.4, -0.2) is 25.5 Å². The minimum atomic E-state index is -0.412. The predicted octanol–water partition coefficient (Wildman–Crippen LogP) is 6.03. The number of halogens is 4. The van der Waals surface area contributed by atoms with Crippen LogP contribution in [0.15, 0.2) is 60.9 Å². The van der Waals surface area contributed by atoms with Gasteiger partial charge in [-0.3, -0.25) is 9.48 Å². The molecule has 0 fully saturated rings. The van der Waals surface area contributed by atoms with Gasteiger partial charge in [0.15, 0.2) is 18.2 Å². The third-order valence-corrected chi connectivity index (χ3v) is 5.92. The zero-order valence-electron chi connectivity index (χ0n) is 16.3. The molecule has 0 atom stereocenters. The Kier molecular flexibility index (Phi) is 6.91. The highest BCUT2D eigenvalue weighted by Gasteiger charge is 2.13. The molecule has 7 nitrogen and oxygen atoms in total. The van der Waals surface area contributed by atoms with Crippen LogP contribution < -0.4 is 10.1 Å². The largest absolute Gasteiger partial charge is 0.470 e. The first-order valence-electron chi connectivity index (χ1n) is 9.28. The molecule has 0 aliphatic heterocycles. The minimum Gasteiger partial charge on any atom is -0.470 e. The number of ether oxygens (including phenoxy) is 1. The van der Waals surface area contributed by atoms with Crippen molar-refractivity contribution in [3.8, 4) is 5.75 Å². The molecule has 2 heterocycles. The van der Waals surface area contributed by atoms with E-state index in [1.165, 1.54) is 4.68 Å². The van der Waals surface area contributed by atoms with Crippen LogP contribution in [0, 0.1) is 0 Å². The number of anilines is 1. The van der Waals surface area contributed by atoms with Crippen LogP contribution in [0.1, 0.15) is 16.1 Å². The van der Waals surface area contributed by atoms with Gasteiger partial charge in [-0.25, -0.2) is 4.68 Å². The summed E-state index contributed by atoms with van der Waals surface area (Å²) in [5, 5.41) is 13.0. The second kappa shape index (κ2) is 9.83. The van der Waals surface area contributed by atoms with E-state index in [9.17, 15) is 4.79 Å². The molecule has 0 unspecified atom stereocenters. The summed E-state index contributed by atoms with van der Waals surface area (Å²) in [6, 6.07) is 13.6. The lowest BCUT2D eigenvalue weighted by molar-refractivity contribution is 0.101. The average molecular weight is 511 g/mol. The maximum Gasteiger partial charge on any atom is 0.277 e. The van der Waals surface area contributed by atoms with E-state index < -0.39 is 5.91 Å². The van der Waals surface area contributed by atoms with E-state index in [1.807, 2.05) is 0 Å². The van der Waals surface area contributed by atoms with Crippen molar-refractivity contribution in [2.24, 2.45) is 0 Å². The molecule has 0 aliphatic rings. The Balaban J connectivity index is 1.37. The van der Waals surface area contributed by atoms with E-state index in [0.717, 1.165) is 5.56 Å². The Morgan fingerprint density at radius 1 is 0.875 bits per heavy atom. The van der Waals surface area contributed by atoms with Crippen molar-refractivity contribution in [2.75, 3.05) is 5.32 Å². The van der Waals surface area contributed by atoms with E-state index in [4.69, 9.17) is 51.1 Å². The molecule has 0 saturated carbocycles. The highest BCUT2D eigenvalue weighted by molar-refractivity contribution is 6.42. The highest BCUT2D eigenvalue weighted by atomic mass is 35.5. The van der Waals surface area contributed by atoms with E-state index in [2.05, 4.69) is 15.5 Å². The Labute approximate surface area is 203 Å². The van der Waals surface area contributed by atoms with Crippen LogP contribution in [0.25, 0.3) is 0 Å². The van der Waals surface area contributed by atoms with Gasteiger partial charge in [-0.15, -0.1) is 0 Å². The molecule has 0 radical (unpaired) electrons. The highest BCUT2D eigenvalue weighted by Crippen LogP contribution is 2.31. The van der Waals surface area contributed by atoms with Gasteiger partial charge in [0.05, 0.1) is 11.6 Å². The second-order valence-electron chi connectivity index (χ2n) is 6.62. The summed E-state index contributed by atoms with van der Waals surface area (Å²) in [7, 11) is 0. The van der Waals surface area contributed by atoms with Gasteiger partial charge in [-0.1, -0.05) is 58.5 Å². The molecule has 2 aromatic carbocycles. The van der Waals surface area contributed by atoms with E-state index >= 15 is 0 Å². The summed E-state index contributed by atoms with van der Waals surface area (Å²) in [5.41, 5.74) is 0.949. The number of hydrogen-bond donors (Lipinski definition) is 1. The average Bonchev–Trinajstić information content (AvgIpc) is 3.41. The SMILES string of the molecule is O=C(Nc1ccn(Cc2c(Cl)cccc2Cl)n1)c1ccn(COc2cccc(Cl)c2Cl)n1. The maximum absolute atomic E-state index is 12.5. The number of nitrogens with one attached hydrogen (secondary N) is 1. The first kappa shape index (κ1) is 22.5. The van der Waals surface area contributed by atoms with Gasteiger partial charge in [0.2, 0.25) is 0 Å². The smallest absolute Gasteiger partial charge is 0.277 e. The molecular weight excluding hydrogens is 496 g/mol. The van der Waals surface area contributed by atoms with Crippen molar-refractivity contribution >= 4 is 58.1 Å². The molecule has 0 aliphatic carbocycles. The first-order chi connectivity index (χ1) is 15.4. The van der Waals surface area contributed by atoms with Crippen LogP contribution in [0.5, 0.6) is 5.75 Å². The van der Waals surface area contributed by atoms with Crippen LogP contribution in [0.2, 0.25) is 20.1 Å². The van der Waals surface area contributed by atoms with Crippen molar-refractivity contribution < 1.29 is 9.53 Å². The fraction of sp³-hybridized carbons (Fsp3) is 0.0952. The fourth-order valence-electron chi connectivity index (χ4n) is 2.83. The molecular formula is C21H15Cl4N5O2. The topological polar surface area (TPSA) is 74.0 Å². The fourth-order valence-corrected chi connectivity index (χ4v) is 3.69. The van der Waals surface area contributed by atoms with Crippen LogP contribution in [-0.2, 0) is 13.3 Å². The maximum atomic E-state index is 12.5. The summed E-state index contributed by atoms with van der Waals surface area (Å²) in [4.78, 5) is 12.5.